The number of hydrogen-bond acceptors (Lipinski definition) is 7. The molecule has 2 heterocycles. The normalized spacial score (nSPS) is 14.2. The Hall–Kier alpha value is -2.58. The molecule has 0 bridgehead atoms. The first-order chi connectivity index (χ1) is 12.6. The zero-order chi connectivity index (χ0) is 18.5. The molecule has 138 valence electrons. The Kier molecular flexibility index (Phi) is 5.75. The van der Waals surface area contributed by atoms with Gasteiger partial charge in [-0.05, 0) is 6.07 Å². The molecule has 3 rings (SSSR count). The predicted octanol–water partition coefficient (Wildman–Crippen LogP) is 3.00. The lowest BCUT2D eigenvalue weighted by molar-refractivity contribution is 0.122. The van der Waals surface area contributed by atoms with Gasteiger partial charge in [0.05, 0.1) is 19.4 Å². The number of rotatable bonds is 6. The third kappa shape index (κ3) is 4.14. The average molecular weight is 380 g/mol. The number of nitrogen functional groups attached to an aromatic ring is 1. The molecule has 0 saturated carbocycles. The molecule has 7 nitrogen and oxygen atoms in total. The van der Waals surface area contributed by atoms with Crippen molar-refractivity contribution >= 4 is 34.7 Å². The van der Waals surface area contributed by atoms with Gasteiger partial charge in [0.15, 0.2) is 11.6 Å². The Morgan fingerprint density at radius 3 is 2.92 bits per heavy atom. The smallest absolute Gasteiger partial charge is 0.222 e. The summed E-state index contributed by atoms with van der Waals surface area (Å²) in [5.74, 6) is 0.0393. The van der Waals surface area contributed by atoms with Crippen LogP contribution in [-0.2, 0) is 4.74 Å². The maximum absolute atomic E-state index is 14.9. The molecule has 0 atom stereocenters. The van der Waals surface area contributed by atoms with Crippen LogP contribution in [0.1, 0.15) is 0 Å². The summed E-state index contributed by atoms with van der Waals surface area (Å²) in [5, 5.41) is 3.06. The van der Waals surface area contributed by atoms with E-state index in [1.54, 1.807) is 12.1 Å². The van der Waals surface area contributed by atoms with Crippen molar-refractivity contribution in [2.45, 2.75) is 0 Å². The summed E-state index contributed by atoms with van der Waals surface area (Å²) in [7, 11) is 0. The number of anilines is 4. The fraction of sp³-hybridized carbons (Fsp3) is 0.294. The SMILES string of the molecule is C=CCOc1cc(N2CCOCC2)cc(F)c1Nc1nc(N)ncc1Cl. The fourth-order valence-corrected chi connectivity index (χ4v) is 2.68. The van der Waals surface area contributed by atoms with Crippen molar-refractivity contribution in [1.29, 1.82) is 0 Å². The number of nitrogens with two attached hydrogens (primary N) is 1. The van der Waals surface area contributed by atoms with Gasteiger partial charge in [-0.1, -0.05) is 24.3 Å². The molecule has 1 saturated heterocycles. The van der Waals surface area contributed by atoms with Crippen LogP contribution in [-0.4, -0.2) is 42.9 Å². The molecular formula is C17H19ClFN5O2. The highest BCUT2D eigenvalue weighted by Crippen LogP contribution is 2.36. The third-order valence-electron chi connectivity index (χ3n) is 3.78. The molecule has 1 aromatic heterocycles. The van der Waals surface area contributed by atoms with Gasteiger partial charge in [-0.25, -0.2) is 9.37 Å². The van der Waals surface area contributed by atoms with Crippen LogP contribution in [0.25, 0.3) is 0 Å². The summed E-state index contributed by atoms with van der Waals surface area (Å²) in [6.45, 7) is 6.41. The van der Waals surface area contributed by atoms with Gasteiger partial charge in [-0.2, -0.15) is 4.98 Å². The first-order valence-electron chi connectivity index (χ1n) is 8.03. The third-order valence-corrected chi connectivity index (χ3v) is 4.05. The first-order valence-corrected chi connectivity index (χ1v) is 8.41. The minimum Gasteiger partial charge on any atom is -0.487 e. The molecular weight excluding hydrogens is 361 g/mol. The molecule has 1 fully saturated rings. The second kappa shape index (κ2) is 8.20. The van der Waals surface area contributed by atoms with E-state index in [0.29, 0.717) is 37.7 Å². The molecule has 1 aliphatic heterocycles. The van der Waals surface area contributed by atoms with Crippen molar-refractivity contribution in [2.24, 2.45) is 0 Å². The molecule has 1 aliphatic rings. The lowest BCUT2D eigenvalue weighted by Gasteiger charge is -2.29. The highest BCUT2D eigenvalue weighted by atomic mass is 35.5. The Morgan fingerprint density at radius 1 is 1.42 bits per heavy atom. The van der Waals surface area contributed by atoms with Crippen molar-refractivity contribution in [3.8, 4) is 5.75 Å². The summed E-state index contributed by atoms with van der Waals surface area (Å²) in [6.07, 6.45) is 2.93. The van der Waals surface area contributed by atoms with Gasteiger partial charge < -0.3 is 25.4 Å². The topological polar surface area (TPSA) is 85.5 Å². The van der Waals surface area contributed by atoms with E-state index in [1.807, 2.05) is 4.90 Å². The Bertz CT molecular complexity index is 799. The number of nitrogens with one attached hydrogen (secondary N) is 1. The maximum atomic E-state index is 14.9. The monoisotopic (exact) mass is 379 g/mol. The van der Waals surface area contributed by atoms with E-state index in [4.69, 9.17) is 26.8 Å². The number of ether oxygens (including phenoxy) is 2. The van der Waals surface area contributed by atoms with Gasteiger partial charge in [0.1, 0.15) is 23.1 Å². The van der Waals surface area contributed by atoms with Crippen molar-refractivity contribution in [3.63, 3.8) is 0 Å². The van der Waals surface area contributed by atoms with E-state index in [1.165, 1.54) is 12.3 Å². The number of halogens is 2. The Balaban J connectivity index is 1.96. The van der Waals surface area contributed by atoms with E-state index in [-0.39, 0.29) is 29.1 Å². The second-order valence-electron chi connectivity index (χ2n) is 5.55. The minimum absolute atomic E-state index is 0.0239. The highest BCUT2D eigenvalue weighted by Gasteiger charge is 2.19. The van der Waals surface area contributed by atoms with Gasteiger partial charge in [0, 0.05) is 24.8 Å². The van der Waals surface area contributed by atoms with Gasteiger partial charge in [-0.3, -0.25) is 0 Å². The zero-order valence-corrected chi connectivity index (χ0v) is 14.8. The second-order valence-corrected chi connectivity index (χ2v) is 5.96. The van der Waals surface area contributed by atoms with Crippen LogP contribution in [0.2, 0.25) is 5.02 Å². The molecule has 26 heavy (non-hydrogen) atoms. The van der Waals surface area contributed by atoms with Gasteiger partial charge >= 0.3 is 0 Å². The summed E-state index contributed by atoms with van der Waals surface area (Å²) >= 11 is 6.06. The molecule has 3 N–H and O–H groups in total. The van der Waals surface area contributed by atoms with Gasteiger partial charge in [0.2, 0.25) is 5.95 Å². The molecule has 9 heteroatoms. The van der Waals surface area contributed by atoms with Crippen LogP contribution in [0.4, 0.5) is 27.5 Å². The van der Waals surface area contributed by atoms with E-state index in [2.05, 4.69) is 21.9 Å². The number of aromatic nitrogens is 2. The maximum Gasteiger partial charge on any atom is 0.222 e. The van der Waals surface area contributed by atoms with E-state index < -0.39 is 5.82 Å². The first kappa shape index (κ1) is 18.2. The minimum atomic E-state index is -0.499. The molecule has 0 spiro atoms. The average Bonchev–Trinajstić information content (AvgIpc) is 2.65. The predicted molar refractivity (Wildman–Crippen MR) is 99.9 cm³/mol. The summed E-state index contributed by atoms with van der Waals surface area (Å²) in [4.78, 5) is 9.82. The van der Waals surface area contributed by atoms with Crippen LogP contribution in [0.15, 0.2) is 31.0 Å². The van der Waals surface area contributed by atoms with Gasteiger partial charge in [0.25, 0.3) is 0 Å². The van der Waals surface area contributed by atoms with E-state index in [0.717, 1.165) is 0 Å². The lowest BCUT2D eigenvalue weighted by atomic mass is 10.2. The quantitative estimate of drug-likeness (QED) is 0.746. The van der Waals surface area contributed by atoms with Crippen LogP contribution >= 0.6 is 11.6 Å². The molecule has 0 amide bonds. The van der Waals surface area contributed by atoms with Crippen LogP contribution in [0, 0.1) is 5.82 Å². The van der Waals surface area contributed by atoms with E-state index >= 15 is 0 Å². The van der Waals surface area contributed by atoms with Crippen molar-refractivity contribution in [1.82, 2.24) is 9.97 Å². The largest absolute Gasteiger partial charge is 0.487 e. The Labute approximate surface area is 155 Å². The van der Waals surface area contributed by atoms with Crippen molar-refractivity contribution < 1.29 is 13.9 Å². The number of nitrogens with zero attached hydrogens (tertiary/aromatic N) is 3. The fourth-order valence-electron chi connectivity index (χ4n) is 2.54. The van der Waals surface area contributed by atoms with Gasteiger partial charge in [-0.15, -0.1) is 0 Å². The summed E-state index contributed by atoms with van der Waals surface area (Å²) in [5.41, 5.74) is 6.41. The summed E-state index contributed by atoms with van der Waals surface area (Å²) in [6, 6.07) is 3.20. The van der Waals surface area contributed by atoms with Crippen molar-refractivity contribution in [2.75, 3.05) is 48.9 Å². The highest BCUT2D eigenvalue weighted by molar-refractivity contribution is 6.32. The number of morpholine rings is 1. The van der Waals surface area contributed by atoms with Crippen molar-refractivity contribution in [3.05, 3.63) is 41.8 Å². The van der Waals surface area contributed by atoms with Crippen LogP contribution in [0.5, 0.6) is 5.75 Å². The standard InChI is InChI=1S/C17H19ClFN5O2/c1-2-5-26-14-9-11(24-3-6-25-7-4-24)8-13(19)15(14)22-16-12(18)10-21-17(20)23-16/h2,8-10H,1,3-7H2,(H3,20,21,22,23). The molecule has 0 radical (unpaired) electrons. The van der Waals surface area contributed by atoms with E-state index in [9.17, 15) is 4.39 Å². The zero-order valence-electron chi connectivity index (χ0n) is 14.0. The number of benzene rings is 1. The number of hydrogen-bond donors (Lipinski definition) is 2. The van der Waals surface area contributed by atoms with Crippen LogP contribution < -0.4 is 20.7 Å². The molecule has 1 aromatic carbocycles. The Morgan fingerprint density at radius 2 is 2.19 bits per heavy atom. The summed E-state index contributed by atoms with van der Waals surface area (Å²) < 4.78 is 25.9. The van der Waals surface area contributed by atoms with Crippen LogP contribution in [0.3, 0.4) is 0 Å². The molecule has 0 unspecified atom stereocenters. The molecule has 0 aliphatic carbocycles. The molecule has 2 aromatic rings. The lowest BCUT2D eigenvalue weighted by Crippen LogP contribution is -2.36.